The van der Waals surface area contributed by atoms with Crippen LogP contribution in [0.2, 0.25) is 0 Å². The predicted molar refractivity (Wildman–Crippen MR) is 104 cm³/mol. The van der Waals surface area contributed by atoms with E-state index < -0.39 is 5.97 Å². The van der Waals surface area contributed by atoms with Crippen molar-refractivity contribution in [1.29, 1.82) is 0 Å². The van der Waals surface area contributed by atoms with Crippen LogP contribution in [0.1, 0.15) is 33.5 Å². The predicted octanol–water partition coefficient (Wildman–Crippen LogP) is 4.35. The molecule has 0 spiro atoms. The molecule has 0 unspecified atom stereocenters. The third-order valence-electron chi connectivity index (χ3n) is 4.00. The first-order valence-corrected chi connectivity index (χ1v) is 9.30. The fourth-order valence-electron chi connectivity index (χ4n) is 2.74. The number of benzene rings is 1. The minimum atomic E-state index is -0.463. The number of pyridine rings is 1. The van der Waals surface area contributed by atoms with E-state index in [1.54, 1.807) is 12.3 Å². The minimum absolute atomic E-state index is 0.324. The summed E-state index contributed by atoms with van der Waals surface area (Å²) in [5.41, 5.74) is 2.60. The van der Waals surface area contributed by atoms with Crippen molar-refractivity contribution in [2.45, 2.75) is 26.7 Å². The van der Waals surface area contributed by atoms with Crippen molar-refractivity contribution >= 4 is 39.8 Å². The van der Waals surface area contributed by atoms with E-state index >= 15 is 0 Å². The maximum atomic E-state index is 12.2. The van der Waals surface area contributed by atoms with Crippen molar-refractivity contribution in [3.8, 4) is 0 Å². The van der Waals surface area contributed by atoms with Gasteiger partial charge in [-0.3, -0.25) is 9.78 Å². The fraction of sp³-hybridized carbons (Fsp3) is 0.250. The van der Waals surface area contributed by atoms with Gasteiger partial charge in [0.2, 0.25) is 0 Å². The van der Waals surface area contributed by atoms with Gasteiger partial charge in [-0.15, -0.1) is 11.3 Å². The summed E-state index contributed by atoms with van der Waals surface area (Å²) in [5, 5.41) is 3.62. The average Bonchev–Trinajstić information content (AvgIpc) is 3.01. The van der Waals surface area contributed by atoms with Gasteiger partial charge in [0, 0.05) is 16.5 Å². The Hall–Kier alpha value is -2.73. The summed E-state index contributed by atoms with van der Waals surface area (Å²) in [6.45, 7) is 3.77. The zero-order valence-corrected chi connectivity index (χ0v) is 15.6. The lowest BCUT2D eigenvalue weighted by molar-refractivity contribution is -0.119. The van der Waals surface area contributed by atoms with E-state index in [9.17, 15) is 9.59 Å². The van der Waals surface area contributed by atoms with Crippen LogP contribution in [0.4, 0.5) is 5.69 Å². The van der Waals surface area contributed by atoms with E-state index in [1.807, 2.05) is 37.3 Å². The molecule has 0 saturated heterocycles. The average molecular weight is 368 g/mol. The second-order valence-corrected chi connectivity index (χ2v) is 7.20. The Morgan fingerprint density at radius 1 is 1.23 bits per heavy atom. The van der Waals surface area contributed by atoms with E-state index in [0.717, 1.165) is 34.2 Å². The summed E-state index contributed by atoms with van der Waals surface area (Å²) in [6.07, 6.45) is 3.66. The highest BCUT2D eigenvalue weighted by Crippen LogP contribution is 2.24. The Morgan fingerprint density at radius 3 is 2.88 bits per heavy atom. The van der Waals surface area contributed by atoms with E-state index in [2.05, 4.69) is 17.2 Å². The van der Waals surface area contributed by atoms with E-state index in [4.69, 9.17) is 4.74 Å². The summed E-state index contributed by atoms with van der Waals surface area (Å²) in [4.78, 5) is 30.2. The SMILES string of the molecule is CCCc1cc(C(=O)OCC(=O)Nc2cccc3ncccc23)sc1C. The number of carbonyl (C=O) groups is 2. The number of rotatable bonds is 6. The van der Waals surface area contributed by atoms with Gasteiger partial charge in [0.15, 0.2) is 6.61 Å². The first-order chi connectivity index (χ1) is 12.6. The standard InChI is InChI=1S/C20H20N2O3S/c1-3-6-14-11-18(26-13(14)2)20(24)25-12-19(23)22-17-9-4-8-16-15(17)7-5-10-21-16/h4-5,7-11H,3,6,12H2,1-2H3,(H,22,23). The second kappa shape index (κ2) is 8.10. The Bertz CT molecular complexity index is 944. The second-order valence-electron chi connectivity index (χ2n) is 5.94. The molecule has 0 fully saturated rings. The quantitative estimate of drug-likeness (QED) is 0.657. The summed E-state index contributed by atoms with van der Waals surface area (Å²) >= 11 is 1.41. The summed E-state index contributed by atoms with van der Waals surface area (Å²) in [5.74, 6) is -0.841. The summed E-state index contributed by atoms with van der Waals surface area (Å²) in [6, 6.07) is 11.0. The molecule has 3 aromatic rings. The van der Waals surface area contributed by atoms with Gasteiger partial charge in [-0.25, -0.2) is 4.79 Å². The molecule has 0 aliphatic heterocycles. The summed E-state index contributed by atoms with van der Waals surface area (Å²) < 4.78 is 5.16. The molecule has 0 radical (unpaired) electrons. The maximum Gasteiger partial charge on any atom is 0.348 e. The molecule has 0 bridgehead atoms. The van der Waals surface area contributed by atoms with Crippen LogP contribution < -0.4 is 5.32 Å². The Balaban J connectivity index is 1.61. The normalized spacial score (nSPS) is 10.7. The smallest absolute Gasteiger partial charge is 0.348 e. The van der Waals surface area contributed by atoms with Gasteiger partial charge >= 0.3 is 5.97 Å². The number of thiophene rings is 1. The number of hydrogen-bond donors (Lipinski definition) is 1. The van der Waals surface area contributed by atoms with Crippen LogP contribution in [0, 0.1) is 6.92 Å². The number of amides is 1. The number of aryl methyl sites for hydroxylation is 2. The molecule has 0 saturated carbocycles. The zero-order chi connectivity index (χ0) is 18.5. The summed E-state index contributed by atoms with van der Waals surface area (Å²) in [7, 11) is 0. The van der Waals surface area contributed by atoms with Crippen LogP contribution in [-0.2, 0) is 16.0 Å². The molecule has 26 heavy (non-hydrogen) atoms. The van der Waals surface area contributed by atoms with Crippen LogP contribution in [0.25, 0.3) is 10.9 Å². The monoisotopic (exact) mass is 368 g/mol. The number of hydrogen-bond acceptors (Lipinski definition) is 5. The molecule has 5 nitrogen and oxygen atoms in total. The topological polar surface area (TPSA) is 68.3 Å². The fourth-order valence-corrected chi connectivity index (χ4v) is 3.70. The van der Waals surface area contributed by atoms with Crippen molar-refractivity contribution < 1.29 is 14.3 Å². The Labute approximate surface area is 156 Å². The van der Waals surface area contributed by atoms with Gasteiger partial charge in [-0.05, 0) is 49.2 Å². The van der Waals surface area contributed by atoms with Crippen LogP contribution in [0.3, 0.4) is 0 Å². The number of carbonyl (C=O) groups excluding carboxylic acids is 2. The van der Waals surface area contributed by atoms with E-state index in [1.165, 1.54) is 11.3 Å². The van der Waals surface area contributed by atoms with Gasteiger partial charge in [-0.2, -0.15) is 0 Å². The van der Waals surface area contributed by atoms with Crippen molar-refractivity contribution in [3.05, 3.63) is 57.9 Å². The van der Waals surface area contributed by atoms with Crippen molar-refractivity contribution in [2.24, 2.45) is 0 Å². The number of esters is 1. The lowest BCUT2D eigenvalue weighted by atomic mass is 10.1. The molecule has 2 aromatic heterocycles. The minimum Gasteiger partial charge on any atom is -0.451 e. The van der Waals surface area contributed by atoms with Crippen molar-refractivity contribution in [3.63, 3.8) is 0 Å². The molecule has 0 aliphatic rings. The molecule has 1 aromatic carbocycles. The first-order valence-electron chi connectivity index (χ1n) is 8.48. The van der Waals surface area contributed by atoms with Crippen LogP contribution in [0.15, 0.2) is 42.6 Å². The van der Waals surface area contributed by atoms with Crippen LogP contribution in [-0.4, -0.2) is 23.5 Å². The number of ether oxygens (including phenoxy) is 1. The highest BCUT2D eigenvalue weighted by atomic mass is 32.1. The lowest BCUT2D eigenvalue weighted by Gasteiger charge is -2.08. The lowest BCUT2D eigenvalue weighted by Crippen LogP contribution is -2.20. The zero-order valence-electron chi connectivity index (χ0n) is 14.7. The van der Waals surface area contributed by atoms with Gasteiger partial charge in [0.25, 0.3) is 5.91 Å². The molecule has 0 atom stereocenters. The van der Waals surface area contributed by atoms with Crippen LogP contribution >= 0.6 is 11.3 Å². The third-order valence-corrected chi connectivity index (χ3v) is 5.07. The van der Waals surface area contributed by atoms with Crippen molar-refractivity contribution in [2.75, 3.05) is 11.9 Å². The van der Waals surface area contributed by atoms with Gasteiger partial charge < -0.3 is 10.1 Å². The number of anilines is 1. The number of nitrogens with zero attached hydrogens (tertiary/aromatic N) is 1. The highest BCUT2D eigenvalue weighted by Gasteiger charge is 2.15. The molecule has 3 rings (SSSR count). The molecule has 6 heteroatoms. The van der Waals surface area contributed by atoms with Gasteiger partial charge in [0.05, 0.1) is 11.2 Å². The molecule has 134 valence electrons. The van der Waals surface area contributed by atoms with Gasteiger partial charge in [-0.1, -0.05) is 19.4 Å². The Morgan fingerprint density at radius 2 is 2.08 bits per heavy atom. The van der Waals surface area contributed by atoms with Crippen LogP contribution in [0.5, 0.6) is 0 Å². The third kappa shape index (κ3) is 4.08. The highest BCUT2D eigenvalue weighted by molar-refractivity contribution is 7.14. The molecule has 0 aliphatic carbocycles. The first kappa shape index (κ1) is 18.1. The number of nitrogens with one attached hydrogen (secondary N) is 1. The number of fused-ring (bicyclic) bond motifs is 1. The largest absolute Gasteiger partial charge is 0.451 e. The van der Waals surface area contributed by atoms with Crippen molar-refractivity contribution in [1.82, 2.24) is 4.98 Å². The molecule has 1 N–H and O–H groups in total. The van der Waals surface area contributed by atoms with E-state index in [0.29, 0.717) is 10.6 Å². The molecule has 2 heterocycles. The molecular weight excluding hydrogens is 348 g/mol. The molecular formula is C20H20N2O3S. The maximum absolute atomic E-state index is 12.2. The van der Waals surface area contributed by atoms with E-state index in [-0.39, 0.29) is 12.5 Å². The van der Waals surface area contributed by atoms with Gasteiger partial charge in [0.1, 0.15) is 4.88 Å². The number of aromatic nitrogens is 1. The Kier molecular flexibility index (Phi) is 5.63. The molecule has 1 amide bonds.